The van der Waals surface area contributed by atoms with Crippen LogP contribution in [-0.4, -0.2) is 46.6 Å². The molecule has 0 saturated carbocycles. The SMILES string of the molecule is C/C=C(\N)c1c(OCCN(C)C(=O)OC(C)(C)C)cnn1C. The van der Waals surface area contributed by atoms with Crippen LogP contribution in [0.15, 0.2) is 12.3 Å². The van der Waals surface area contributed by atoms with Crippen molar-refractivity contribution < 1.29 is 14.3 Å². The summed E-state index contributed by atoms with van der Waals surface area (Å²) in [7, 11) is 3.47. The van der Waals surface area contributed by atoms with E-state index in [0.29, 0.717) is 24.6 Å². The predicted octanol–water partition coefficient (Wildman–Crippen LogP) is 1.99. The summed E-state index contributed by atoms with van der Waals surface area (Å²) in [6, 6.07) is 0. The summed E-state index contributed by atoms with van der Waals surface area (Å²) < 4.78 is 12.6. The lowest BCUT2D eigenvalue weighted by Crippen LogP contribution is -2.36. The second-order valence-electron chi connectivity index (χ2n) is 5.98. The third-order valence-electron chi connectivity index (χ3n) is 2.88. The van der Waals surface area contributed by atoms with Crippen molar-refractivity contribution in [3.05, 3.63) is 18.0 Å². The average Bonchev–Trinajstić information content (AvgIpc) is 2.77. The number of rotatable bonds is 5. The molecular formula is C15H26N4O3. The highest BCUT2D eigenvalue weighted by atomic mass is 16.6. The van der Waals surface area contributed by atoms with Gasteiger partial charge in [0, 0.05) is 14.1 Å². The Labute approximate surface area is 131 Å². The first-order valence-electron chi connectivity index (χ1n) is 7.16. The molecule has 1 rings (SSSR count). The number of amides is 1. The van der Waals surface area contributed by atoms with E-state index in [1.807, 2.05) is 27.7 Å². The Bertz CT molecular complexity index is 543. The molecule has 0 atom stereocenters. The van der Waals surface area contributed by atoms with E-state index in [4.69, 9.17) is 15.2 Å². The number of hydrogen-bond acceptors (Lipinski definition) is 5. The first kappa shape index (κ1) is 17.9. The summed E-state index contributed by atoms with van der Waals surface area (Å²) in [6.45, 7) is 8.07. The number of hydrogen-bond donors (Lipinski definition) is 1. The molecule has 124 valence electrons. The largest absolute Gasteiger partial charge is 0.488 e. The lowest BCUT2D eigenvalue weighted by atomic mass is 10.2. The molecule has 0 aliphatic heterocycles. The first-order valence-corrected chi connectivity index (χ1v) is 7.16. The quantitative estimate of drug-likeness (QED) is 0.899. The fourth-order valence-corrected chi connectivity index (χ4v) is 1.71. The molecule has 7 nitrogen and oxygen atoms in total. The van der Waals surface area contributed by atoms with Crippen molar-refractivity contribution in [2.75, 3.05) is 20.2 Å². The summed E-state index contributed by atoms with van der Waals surface area (Å²) in [5, 5.41) is 4.13. The minimum atomic E-state index is -0.511. The Balaban J connectivity index is 2.57. The maximum atomic E-state index is 11.8. The van der Waals surface area contributed by atoms with Crippen LogP contribution in [0.3, 0.4) is 0 Å². The molecule has 0 saturated heterocycles. The molecule has 0 aromatic carbocycles. The third kappa shape index (κ3) is 4.98. The van der Waals surface area contributed by atoms with Crippen molar-refractivity contribution in [2.24, 2.45) is 12.8 Å². The Hall–Kier alpha value is -2.18. The highest BCUT2D eigenvalue weighted by molar-refractivity contribution is 5.67. The number of aryl methyl sites for hydroxylation is 1. The number of ether oxygens (including phenoxy) is 2. The van der Waals surface area contributed by atoms with Crippen molar-refractivity contribution >= 4 is 11.8 Å². The highest BCUT2D eigenvalue weighted by Crippen LogP contribution is 2.22. The topological polar surface area (TPSA) is 82.6 Å². The number of nitrogens with two attached hydrogens (primary N) is 1. The summed E-state index contributed by atoms with van der Waals surface area (Å²) in [6.07, 6.45) is 3.02. The van der Waals surface area contributed by atoms with Crippen LogP contribution in [0.1, 0.15) is 33.4 Å². The van der Waals surface area contributed by atoms with Crippen molar-refractivity contribution in [3.8, 4) is 5.75 Å². The summed E-state index contributed by atoms with van der Waals surface area (Å²) in [5.41, 5.74) is 6.73. The molecule has 0 fully saturated rings. The van der Waals surface area contributed by atoms with Crippen LogP contribution in [0.5, 0.6) is 5.75 Å². The summed E-state index contributed by atoms with van der Waals surface area (Å²) in [5.74, 6) is 0.593. The average molecular weight is 310 g/mol. The van der Waals surface area contributed by atoms with E-state index >= 15 is 0 Å². The zero-order valence-electron chi connectivity index (χ0n) is 14.2. The van der Waals surface area contributed by atoms with Crippen LogP contribution >= 0.6 is 0 Å². The molecule has 0 radical (unpaired) electrons. The minimum Gasteiger partial charge on any atom is -0.488 e. The Kier molecular flexibility index (Phi) is 5.84. The van der Waals surface area contributed by atoms with Crippen molar-refractivity contribution in [2.45, 2.75) is 33.3 Å². The smallest absolute Gasteiger partial charge is 0.410 e. The van der Waals surface area contributed by atoms with E-state index < -0.39 is 5.60 Å². The van der Waals surface area contributed by atoms with Gasteiger partial charge < -0.3 is 20.1 Å². The summed E-state index contributed by atoms with van der Waals surface area (Å²) >= 11 is 0. The highest BCUT2D eigenvalue weighted by Gasteiger charge is 2.19. The number of aromatic nitrogens is 2. The van der Waals surface area contributed by atoms with Gasteiger partial charge in [-0.3, -0.25) is 4.68 Å². The Morgan fingerprint density at radius 1 is 1.50 bits per heavy atom. The van der Waals surface area contributed by atoms with Gasteiger partial charge in [0.2, 0.25) is 0 Å². The Morgan fingerprint density at radius 3 is 2.68 bits per heavy atom. The van der Waals surface area contributed by atoms with Gasteiger partial charge >= 0.3 is 6.09 Å². The zero-order chi connectivity index (χ0) is 16.9. The maximum Gasteiger partial charge on any atom is 0.410 e. The van der Waals surface area contributed by atoms with Gasteiger partial charge in [-0.2, -0.15) is 5.10 Å². The second kappa shape index (κ2) is 7.20. The fraction of sp³-hybridized carbons (Fsp3) is 0.600. The molecular weight excluding hydrogens is 284 g/mol. The molecule has 22 heavy (non-hydrogen) atoms. The van der Waals surface area contributed by atoms with Gasteiger partial charge in [-0.1, -0.05) is 6.08 Å². The lowest BCUT2D eigenvalue weighted by molar-refractivity contribution is 0.0278. The van der Waals surface area contributed by atoms with Crippen molar-refractivity contribution in [1.29, 1.82) is 0 Å². The number of allylic oxidation sites excluding steroid dienone is 1. The molecule has 0 aliphatic carbocycles. The van der Waals surface area contributed by atoms with E-state index in [9.17, 15) is 4.79 Å². The van der Waals surface area contributed by atoms with E-state index in [2.05, 4.69) is 5.10 Å². The van der Waals surface area contributed by atoms with Crippen LogP contribution in [0, 0.1) is 0 Å². The monoisotopic (exact) mass is 310 g/mol. The second-order valence-corrected chi connectivity index (χ2v) is 5.98. The van der Waals surface area contributed by atoms with Gasteiger partial charge in [0.25, 0.3) is 0 Å². The van der Waals surface area contributed by atoms with Crippen LogP contribution < -0.4 is 10.5 Å². The van der Waals surface area contributed by atoms with E-state index in [0.717, 1.165) is 5.69 Å². The molecule has 0 aliphatic rings. The molecule has 7 heteroatoms. The fourth-order valence-electron chi connectivity index (χ4n) is 1.71. The molecule has 1 heterocycles. The van der Waals surface area contributed by atoms with E-state index in [1.165, 1.54) is 4.90 Å². The number of carbonyl (C=O) groups is 1. The maximum absolute atomic E-state index is 11.8. The Morgan fingerprint density at radius 2 is 2.14 bits per heavy atom. The molecule has 1 aromatic heterocycles. The van der Waals surface area contributed by atoms with Crippen LogP contribution in [-0.2, 0) is 11.8 Å². The van der Waals surface area contributed by atoms with Gasteiger partial charge in [-0.25, -0.2) is 4.79 Å². The van der Waals surface area contributed by atoms with E-state index in [-0.39, 0.29) is 6.09 Å². The first-order chi connectivity index (χ1) is 10.2. The minimum absolute atomic E-state index is 0.325. The van der Waals surface area contributed by atoms with Gasteiger partial charge in [0.05, 0.1) is 18.4 Å². The van der Waals surface area contributed by atoms with Gasteiger partial charge in [0.15, 0.2) is 5.75 Å². The number of nitrogens with zero attached hydrogens (tertiary/aromatic N) is 3. The lowest BCUT2D eigenvalue weighted by Gasteiger charge is -2.24. The molecule has 1 aromatic rings. The molecule has 1 amide bonds. The molecule has 2 N–H and O–H groups in total. The third-order valence-corrected chi connectivity index (χ3v) is 2.88. The molecule has 0 bridgehead atoms. The van der Waals surface area contributed by atoms with Crippen LogP contribution in [0.2, 0.25) is 0 Å². The predicted molar refractivity (Wildman–Crippen MR) is 85.4 cm³/mol. The standard InChI is InChI=1S/C15H26N4O3/c1-7-11(16)13-12(10-17-19(13)6)21-9-8-18(5)14(20)22-15(2,3)4/h7,10H,8-9,16H2,1-6H3/b11-7-. The molecule has 0 spiro atoms. The normalized spacial score (nSPS) is 12.2. The van der Waals surface area contributed by atoms with Crippen LogP contribution in [0.4, 0.5) is 4.79 Å². The van der Waals surface area contributed by atoms with Crippen molar-refractivity contribution in [1.82, 2.24) is 14.7 Å². The molecule has 0 unspecified atom stereocenters. The van der Waals surface area contributed by atoms with E-state index in [1.54, 1.807) is 31.1 Å². The van der Waals surface area contributed by atoms with Gasteiger partial charge in [-0.15, -0.1) is 0 Å². The van der Waals surface area contributed by atoms with Gasteiger partial charge in [0.1, 0.15) is 17.9 Å². The summed E-state index contributed by atoms with van der Waals surface area (Å²) in [4.78, 5) is 13.3. The van der Waals surface area contributed by atoms with Crippen molar-refractivity contribution in [3.63, 3.8) is 0 Å². The van der Waals surface area contributed by atoms with Gasteiger partial charge in [-0.05, 0) is 27.7 Å². The van der Waals surface area contributed by atoms with Crippen LogP contribution in [0.25, 0.3) is 5.70 Å². The number of likely N-dealkylation sites (N-methyl/N-ethyl adjacent to an activating group) is 1. The zero-order valence-corrected chi connectivity index (χ0v) is 14.2. The number of carbonyl (C=O) groups excluding carboxylic acids is 1.